The molecule has 0 aliphatic carbocycles. The summed E-state index contributed by atoms with van der Waals surface area (Å²) in [5.74, 6) is 2.02. The summed E-state index contributed by atoms with van der Waals surface area (Å²) in [6.07, 6.45) is 5.36. The molecule has 1 N–H and O–H groups in total. The van der Waals surface area contributed by atoms with Gasteiger partial charge in [-0.25, -0.2) is 0 Å². The number of ether oxygens (including phenoxy) is 3. The number of amides is 1. The zero-order valence-electron chi connectivity index (χ0n) is 16.2. The van der Waals surface area contributed by atoms with Crippen molar-refractivity contribution >= 4 is 12.0 Å². The molecule has 2 aromatic rings. The summed E-state index contributed by atoms with van der Waals surface area (Å²) >= 11 is 0. The molecule has 2 aromatic carbocycles. The number of nitrogens with one attached hydrogen (secondary N) is 1. The van der Waals surface area contributed by atoms with Gasteiger partial charge in [-0.15, -0.1) is 0 Å². The predicted octanol–water partition coefficient (Wildman–Crippen LogP) is 4.21. The maximum atomic E-state index is 12.0. The van der Waals surface area contributed by atoms with Crippen LogP contribution >= 0.6 is 0 Å². The maximum absolute atomic E-state index is 12.0. The lowest BCUT2D eigenvalue weighted by Gasteiger charge is -2.12. The second kappa shape index (κ2) is 10.9. The summed E-state index contributed by atoms with van der Waals surface area (Å²) < 4.78 is 16.2. The van der Waals surface area contributed by atoms with Crippen LogP contribution in [0.1, 0.15) is 30.9 Å². The van der Waals surface area contributed by atoms with Gasteiger partial charge in [-0.3, -0.25) is 4.79 Å². The highest BCUT2D eigenvalue weighted by Crippen LogP contribution is 2.28. The first-order chi connectivity index (χ1) is 13.2. The molecular formula is C22H27NO4. The summed E-state index contributed by atoms with van der Waals surface area (Å²) in [5, 5.41) is 2.87. The molecular weight excluding hydrogens is 342 g/mol. The van der Waals surface area contributed by atoms with E-state index in [1.807, 2.05) is 42.5 Å². The summed E-state index contributed by atoms with van der Waals surface area (Å²) in [4.78, 5) is 12.0. The van der Waals surface area contributed by atoms with E-state index in [1.165, 1.54) is 6.08 Å². The number of benzene rings is 2. The first-order valence-corrected chi connectivity index (χ1v) is 9.06. The fourth-order valence-corrected chi connectivity index (χ4v) is 2.40. The van der Waals surface area contributed by atoms with Gasteiger partial charge in [0.2, 0.25) is 5.91 Å². The van der Waals surface area contributed by atoms with Crippen LogP contribution in [0.2, 0.25) is 0 Å². The molecule has 0 aliphatic rings. The number of unbranched alkanes of at least 4 members (excludes halogenated alkanes) is 1. The molecule has 0 radical (unpaired) electrons. The molecule has 5 heteroatoms. The van der Waals surface area contributed by atoms with Crippen molar-refractivity contribution in [1.29, 1.82) is 0 Å². The van der Waals surface area contributed by atoms with Crippen LogP contribution in [0.5, 0.6) is 17.2 Å². The Labute approximate surface area is 161 Å². The van der Waals surface area contributed by atoms with Gasteiger partial charge in [0.25, 0.3) is 0 Å². The molecule has 0 heterocycles. The number of methoxy groups -OCH3 is 2. The molecule has 27 heavy (non-hydrogen) atoms. The molecule has 5 nitrogen and oxygen atoms in total. The summed E-state index contributed by atoms with van der Waals surface area (Å²) in [6.45, 7) is 3.20. The average Bonchev–Trinajstić information content (AvgIpc) is 2.71. The Morgan fingerprint density at radius 3 is 2.48 bits per heavy atom. The first kappa shape index (κ1) is 20.4. The lowest BCUT2D eigenvalue weighted by atomic mass is 10.2. The van der Waals surface area contributed by atoms with Crippen molar-refractivity contribution in [2.75, 3.05) is 20.8 Å². The minimum Gasteiger partial charge on any atom is -0.497 e. The van der Waals surface area contributed by atoms with E-state index in [4.69, 9.17) is 14.2 Å². The number of hydrogen-bond acceptors (Lipinski definition) is 4. The molecule has 0 spiro atoms. The molecule has 0 atom stereocenters. The van der Waals surface area contributed by atoms with Crippen molar-refractivity contribution < 1.29 is 19.0 Å². The molecule has 0 saturated heterocycles. The Hall–Kier alpha value is -2.95. The van der Waals surface area contributed by atoms with Gasteiger partial charge < -0.3 is 19.5 Å². The smallest absolute Gasteiger partial charge is 0.244 e. The topological polar surface area (TPSA) is 56.8 Å². The standard InChI is InChI=1S/C22H27NO4/c1-4-5-14-27-20-12-8-18(15-21(20)26-3)16-23-22(24)13-9-17-6-10-19(25-2)11-7-17/h6-13,15H,4-5,14,16H2,1-3H3,(H,23,24)/b13-9+. The van der Waals surface area contributed by atoms with E-state index < -0.39 is 0 Å². The van der Waals surface area contributed by atoms with Crippen LogP contribution in [0.25, 0.3) is 6.08 Å². The lowest BCUT2D eigenvalue weighted by molar-refractivity contribution is -0.116. The summed E-state index contributed by atoms with van der Waals surface area (Å²) in [6, 6.07) is 13.2. The van der Waals surface area contributed by atoms with Gasteiger partial charge in [-0.1, -0.05) is 31.5 Å². The van der Waals surface area contributed by atoms with Gasteiger partial charge in [0, 0.05) is 12.6 Å². The monoisotopic (exact) mass is 369 g/mol. The lowest BCUT2D eigenvalue weighted by Crippen LogP contribution is -2.20. The molecule has 2 rings (SSSR count). The molecule has 1 amide bonds. The molecule has 0 aromatic heterocycles. The second-order valence-corrected chi connectivity index (χ2v) is 6.01. The van der Waals surface area contributed by atoms with Crippen LogP contribution in [-0.4, -0.2) is 26.7 Å². The minimum atomic E-state index is -0.159. The highest BCUT2D eigenvalue weighted by atomic mass is 16.5. The van der Waals surface area contributed by atoms with Crippen molar-refractivity contribution in [2.45, 2.75) is 26.3 Å². The van der Waals surface area contributed by atoms with E-state index in [0.29, 0.717) is 18.9 Å². The van der Waals surface area contributed by atoms with Gasteiger partial charge >= 0.3 is 0 Å². The highest BCUT2D eigenvalue weighted by molar-refractivity contribution is 5.91. The first-order valence-electron chi connectivity index (χ1n) is 9.06. The fraction of sp³-hybridized carbons (Fsp3) is 0.318. The zero-order chi connectivity index (χ0) is 19.5. The van der Waals surface area contributed by atoms with Crippen molar-refractivity contribution in [1.82, 2.24) is 5.32 Å². The molecule has 0 aliphatic heterocycles. The van der Waals surface area contributed by atoms with E-state index >= 15 is 0 Å². The largest absolute Gasteiger partial charge is 0.497 e. The third-order valence-corrected chi connectivity index (χ3v) is 3.99. The fourth-order valence-electron chi connectivity index (χ4n) is 2.40. The van der Waals surface area contributed by atoms with Crippen molar-refractivity contribution in [2.24, 2.45) is 0 Å². The van der Waals surface area contributed by atoms with E-state index in [0.717, 1.165) is 35.5 Å². The van der Waals surface area contributed by atoms with Crippen molar-refractivity contribution in [3.8, 4) is 17.2 Å². The second-order valence-electron chi connectivity index (χ2n) is 6.01. The maximum Gasteiger partial charge on any atom is 0.244 e. The van der Waals surface area contributed by atoms with Gasteiger partial charge in [0.15, 0.2) is 11.5 Å². The summed E-state index contributed by atoms with van der Waals surface area (Å²) in [5.41, 5.74) is 1.88. The Morgan fingerprint density at radius 1 is 1.04 bits per heavy atom. The van der Waals surface area contributed by atoms with E-state index in [1.54, 1.807) is 20.3 Å². The minimum absolute atomic E-state index is 0.159. The van der Waals surface area contributed by atoms with Crippen LogP contribution in [0.15, 0.2) is 48.5 Å². The SMILES string of the molecule is CCCCOc1ccc(CNC(=O)/C=C/c2ccc(OC)cc2)cc1OC. The van der Waals surface area contributed by atoms with E-state index in [-0.39, 0.29) is 5.91 Å². The van der Waals surface area contributed by atoms with Crippen LogP contribution in [0, 0.1) is 0 Å². The number of carbonyl (C=O) groups is 1. The van der Waals surface area contributed by atoms with Crippen LogP contribution < -0.4 is 19.5 Å². The Balaban J connectivity index is 1.88. The van der Waals surface area contributed by atoms with Crippen LogP contribution in [0.4, 0.5) is 0 Å². The normalized spacial score (nSPS) is 10.6. The zero-order valence-corrected chi connectivity index (χ0v) is 16.2. The molecule has 0 bridgehead atoms. The quantitative estimate of drug-likeness (QED) is 0.503. The van der Waals surface area contributed by atoms with Crippen LogP contribution in [-0.2, 0) is 11.3 Å². The third-order valence-electron chi connectivity index (χ3n) is 3.99. The van der Waals surface area contributed by atoms with Gasteiger partial charge in [-0.2, -0.15) is 0 Å². The molecule has 0 saturated carbocycles. The van der Waals surface area contributed by atoms with Crippen molar-refractivity contribution in [3.05, 3.63) is 59.7 Å². The highest BCUT2D eigenvalue weighted by Gasteiger charge is 2.06. The van der Waals surface area contributed by atoms with Crippen LogP contribution in [0.3, 0.4) is 0 Å². The summed E-state index contributed by atoms with van der Waals surface area (Å²) in [7, 11) is 3.24. The molecule has 144 valence electrons. The van der Waals surface area contributed by atoms with E-state index in [9.17, 15) is 4.79 Å². The van der Waals surface area contributed by atoms with Gasteiger partial charge in [0.1, 0.15) is 5.75 Å². The molecule has 0 unspecified atom stereocenters. The Kier molecular flexibility index (Phi) is 8.23. The number of hydrogen-bond donors (Lipinski definition) is 1. The van der Waals surface area contributed by atoms with Gasteiger partial charge in [-0.05, 0) is 47.9 Å². The average molecular weight is 369 g/mol. The molecule has 0 fully saturated rings. The van der Waals surface area contributed by atoms with Gasteiger partial charge in [0.05, 0.1) is 20.8 Å². The Morgan fingerprint density at radius 2 is 1.81 bits per heavy atom. The van der Waals surface area contributed by atoms with E-state index in [2.05, 4.69) is 12.2 Å². The predicted molar refractivity (Wildman–Crippen MR) is 107 cm³/mol. The Bertz CT molecular complexity index is 753. The number of carbonyl (C=O) groups excluding carboxylic acids is 1. The number of rotatable bonds is 10. The third kappa shape index (κ3) is 6.70. The van der Waals surface area contributed by atoms with Crippen molar-refractivity contribution in [3.63, 3.8) is 0 Å².